The molecular formula is C16H26N2O. The Morgan fingerprint density at radius 3 is 2.47 bits per heavy atom. The Kier molecular flexibility index (Phi) is 5.52. The molecule has 1 aliphatic rings. The minimum Gasteiger partial charge on any atom is -0.380 e. The minimum absolute atomic E-state index is 0.348. The summed E-state index contributed by atoms with van der Waals surface area (Å²) < 4.78 is 5.42. The van der Waals surface area contributed by atoms with E-state index in [0.29, 0.717) is 6.04 Å². The van der Waals surface area contributed by atoms with Crippen LogP contribution in [0.1, 0.15) is 33.1 Å². The first-order chi connectivity index (χ1) is 9.29. The fraction of sp³-hybridized carbons (Fsp3) is 0.625. The summed E-state index contributed by atoms with van der Waals surface area (Å²) in [5.41, 5.74) is 2.52. The molecule has 1 heterocycles. The zero-order chi connectivity index (χ0) is 13.5. The maximum absolute atomic E-state index is 5.42. The van der Waals surface area contributed by atoms with Gasteiger partial charge in [0.05, 0.1) is 6.61 Å². The fourth-order valence-electron chi connectivity index (χ4n) is 2.54. The standard InChI is InChI=1S/C16H26N2O/c1-3-19-13-14(2)17-15-7-9-16(10-8-15)18-11-5-4-6-12-18/h7-10,14,17H,3-6,11-13H2,1-2H3. The predicted octanol–water partition coefficient (Wildman–Crippen LogP) is 3.51. The zero-order valence-electron chi connectivity index (χ0n) is 12.2. The van der Waals surface area contributed by atoms with Gasteiger partial charge in [0.1, 0.15) is 0 Å². The molecule has 19 heavy (non-hydrogen) atoms. The topological polar surface area (TPSA) is 24.5 Å². The molecule has 0 aromatic heterocycles. The Bertz CT molecular complexity index is 358. The quantitative estimate of drug-likeness (QED) is 0.849. The van der Waals surface area contributed by atoms with E-state index in [1.807, 2.05) is 6.92 Å². The van der Waals surface area contributed by atoms with Gasteiger partial charge in [-0.15, -0.1) is 0 Å². The van der Waals surface area contributed by atoms with E-state index in [0.717, 1.165) is 13.2 Å². The summed E-state index contributed by atoms with van der Waals surface area (Å²) in [6, 6.07) is 9.14. The molecule has 1 N–H and O–H groups in total. The molecule has 0 aliphatic carbocycles. The van der Waals surface area contributed by atoms with E-state index in [4.69, 9.17) is 4.74 Å². The number of hydrogen-bond acceptors (Lipinski definition) is 3. The molecule has 0 saturated carbocycles. The van der Waals surface area contributed by atoms with Crippen molar-refractivity contribution >= 4 is 11.4 Å². The summed E-state index contributed by atoms with van der Waals surface area (Å²) in [5.74, 6) is 0. The van der Waals surface area contributed by atoms with E-state index >= 15 is 0 Å². The lowest BCUT2D eigenvalue weighted by molar-refractivity contribution is 0.141. The molecule has 1 fully saturated rings. The van der Waals surface area contributed by atoms with Crippen LogP contribution in [-0.4, -0.2) is 32.3 Å². The Labute approximate surface area is 116 Å². The highest BCUT2D eigenvalue weighted by Crippen LogP contribution is 2.22. The lowest BCUT2D eigenvalue weighted by atomic mass is 10.1. The number of hydrogen-bond donors (Lipinski definition) is 1. The highest BCUT2D eigenvalue weighted by atomic mass is 16.5. The molecule has 0 spiro atoms. The van der Waals surface area contributed by atoms with E-state index in [1.54, 1.807) is 0 Å². The van der Waals surface area contributed by atoms with Gasteiger partial charge in [0.25, 0.3) is 0 Å². The van der Waals surface area contributed by atoms with Gasteiger partial charge in [-0.3, -0.25) is 0 Å². The number of rotatable bonds is 6. The van der Waals surface area contributed by atoms with Crippen molar-refractivity contribution in [2.45, 2.75) is 39.2 Å². The lowest BCUT2D eigenvalue weighted by Crippen LogP contribution is -2.29. The summed E-state index contributed by atoms with van der Waals surface area (Å²) in [4.78, 5) is 2.48. The Morgan fingerprint density at radius 2 is 1.84 bits per heavy atom. The van der Waals surface area contributed by atoms with E-state index in [1.165, 1.54) is 43.7 Å². The summed E-state index contributed by atoms with van der Waals surface area (Å²) in [6.07, 6.45) is 4.03. The van der Waals surface area contributed by atoms with E-state index in [-0.39, 0.29) is 0 Å². The molecule has 1 unspecified atom stereocenters. The average Bonchev–Trinajstić information content (AvgIpc) is 2.47. The van der Waals surface area contributed by atoms with Crippen molar-refractivity contribution in [1.82, 2.24) is 0 Å². The molecule has 2 rings (SSSR count). The van der Waals surface area contributed by atoms with Gasteiger partial charge in [-0.1, -0.05) is 0 Å². The third-order valence-corrected chi connectivity index (χ3v) is 3.57. The van der Waals surface area contributed by atoms with Crippen LogP contribution in [0.4, 0.5) is 11.4 Å². The monoisotopic (exact) mass is 262 g/mol. The van der Waals surface area contributed by atoms with E-state index < -0.39 is 0 Å². The van der Waals surface area contributed by atoms with Crippen molar-refractivity contribution in [3.05, 3.63) is 24.3 Å². The van der Waals surface area contributed by atoms with Crippen molar-refractivity contribution in [2.24, 2.45) is 0 Å². The maximum Gasteiger partial charge on any atom is 0.0664 e. The summed E-state index contributed by atoms with van der Waals surface area (Å²) in [7, 11) is 0. The van der Waals surface area contributed by atoms with Gasteiger partial charge in [0.15, 0.2) is 0 Å². The number of anilines is 2. The largest absolute Gasteiger partial charge is 0.380 e. The van der Waals surface area contributed by atoms with Crippen molar-refractivity contribution in [2.75, 3.05) is 36.5 Å². The average molecular weight is 262 g/mol. The van der Waals surface area contributed by atoms with Crippen LogP contribution in [0.2, 0.25) is 0 Å². The molecule has 0 radical (unpaired) electrons. The predicted molar refractivity (Wildman–Crippen MR) is 82.1 cm³/mol. The van der Waals surface area contributed by atoms with Gasteiger partial charge in [-0.2, -0.15) is 0 Å². The number of piperidine rings is 1. The second kappa shape index (κ2) is 7.39. The summed E-state index contributed by atoms with van der Waals surface area (Å²) in [5, 5.41) is 3.46. The third-order valence-electron chi connectivity index (χ3n) is 3.57. The van der Waals surface area contributed by atoms with Crippen LogP contribution < -0.4 is 10.2 Å². The van der Waals surface area contributed by atoms with Gasteiger partial charge in [0, 0.05) is 37.1 Å². The number of benzene rings is 1. The van der Waals surface area contributed by atoms with Crippen LogP contribution in [0.3, 0.4) is 0 Å². The highest BCUT2D eigenvalue weighted by Gasteiger charge is 2.10. The molecule has 0 bridgehead atoms. The molecule has 3 heteroatoms. The number of nitrogens with zero attached hydrogens (tertiary/aromatic N) is 1. The molecule has 1 aromatic rings. The summed E-state index contributed by atoms with van der Waals surface area (Å²) >= 11 is 0. The molecule has 1 saturated heterocycles. The van der Waals surface area contributed by atoms with E-state index in [9.17, 15) is 0 Å². The SMILES string of the molecule is CCOCC(C)Nc1ccc(N2CCCCC2)cc1. The molecule has 1 aromatic carbocycles. The van der Waals surface area contributed by atoms with Crippen LogP contribution >= 0.6 is 0 Å². The second-order valence-electron chi connectivity index (χ2n) is 5.30. The first-order valence-electron chi connectivity index (χ1n) is 7.49. The van der Waals surface area contributed by atoms with Crippen LogP contribution in [0.25, 0.3) is 0 Å². The molecule has 0 amide bonds. The normalized spacial score (nSPS) is 17.3. The molecular weight excluding hydrogens is 236 g/mol. The smallest absolute Gasteiger partial charge is 0.0664 e. The Hall–Kier alpha value is -1.22. The van der Waals surface area contributed by atoms with Gasteiger partial charge >= 0.3 is 0 Å². The van der Waals surface area contributed by atoms with Crippen molar-refractivity contribution in [1.29, 1.82) is 0 Å². The fourth-order valence-corrected chi connectivity index (χ4v) is 2.54. The Morgan fingerprint density at radius 1 is 1.16 bits per heavy atom. The molecule has 3 nitrogen and oxygen atoms in total. The first kappa shape index (κ1) is 14.2. The van der Waals surface area contributed by atoms with Crippen LogP contribution in [0, 0.1) is 0 Å². The Balaban J connectivity index is 1.86. The van der Waals surface area contributed by atoms with Crippen molar-refractivity contribution < 1.29 is 4.74 Å². The van der Waals surface area contributed by atoms with E-state index in [2.05, 4.69) is 41.4 Å². The van der Waals surface area contributed by atoms with Gasteiger partial charge in [-0.05, 0) is 57.4 Å². The third kappa shape index (κ3) is 4.43. The molecule has 1 atom stereocenters. The number of ether oxygens (including phenoxy) is 1. The first-order valence-corrected chi connectivity index (χ1v) is 7.49. The van der Waals surface area contributed by atoms with Gasteiger partial charge in [-0.25, -0.2) is 0 Å². The van der Waals surface area contributed by atoms with Gasteiger partial charge in [0.2, 0.25) is 0 Å². The van der Waals surface area contributed by atoms with Crippen molar-refractivity contribution in [3.8, 4) is 0 Å². The maximum atomic E-state index is 5.42. The minimum atomic E-state index is 0.348. The second-order valence-corrected chi connectivity index (χ2v) is 5.30. The lowest BCUT2D eigenvalue weighted by Gasteiger charge is -2.29. The highest BCUT2D eigenvalue weighted by molar-refractivity contribution is 5.55. The van der Waals surface area contributed by atoms with Crippen molar-refractivity contribution in [3.63, 3.8) is 0 Å². The molecule has 1 aliphatic heterocycles. The van der Waals surface area contributed by atoms with Gasteiger partial charge < -0.3 is 15.0 Å². The zero-order valence-corrected chi connectivity index (χ0v) is 12.2. The molecule has 106 valence electrons. The summed E-state index contributed by atoms with van der Waals surface area (Å²) in [6.45, 7) is 8.11. The number of nitrogens with one attached hydrogen (secondary N) is 1. The van der Waals surface area contributed by atoms with Crippen LogP contribution in [0.15, 0.2) is 24.3 Å². The van der Waals surface area contributed by atoms with Crippen LogP contribution in [-0.2, 0) is 4.74 Å². The van der Waals surface area contributed by atoms with Crippen LogP contribution in [0.5, 0.6) is 0 Å².